The third-order valence-corrected chi connectivity index (χ3v) is 7.12. The Labute approximate surface area is 195 Å². The number of alkyl halides is 3. The molecule has 1 aromatic rings. The predicted octanol–water partition coefficient (Wildman–Crippen LogP) is 4.38. The fraction of sp³-hybridized carbons (Fsp3) is 0.760. The molecule has 3 N–H and O–H groups in total. The van der Waals surface area contributed by atoms with Gasteiger partial charge < -0.3 is 15.4 Å². The third kappa shape index (κ3) is 6.69. The van der Waals surface area contributed by atoms with Crippen LogP contribution in [-0.2, 0) is 28.7 Å². The number of aromatic amines is 1. The highest BCUT2D eigenvalue weighted by atomic mass is 19.4. The number of pyridine rings is 1. The van der Waals surface area contributed by atoms with Crippen LogP contribution in [0.4, 0.5) is 13.2 Å². The Morgan fingerprint density at radius 1 is 1.15 bits per heavy atom. The second kappa shape index (κ2) is 11.6. The molecule has 0 aromatic carbocycles. The van der Waals surface area contributed by atoms with Crippen molar-refractivity contribution in [3.63, 3.8) is 0 Å². The lowest BCUT2D eigenvalue weighted by Crippen LogP contribution is -2.41. The number of amides is 1. The zero-order valence-corrected chi connectivity index (χ0v) is 19.9. The molecule has 2 saturated carbocycles. The topological polar surface area (TPSA) is 69.7 Å². The van der Waals surface area contributed by atoms with Crippen LogP contribution in [0.2, 0.25) is 0 Å². The molecule has 0 spiro atoms. The molecule has 33 heavy (non-hydrogen) atoms. The number of H-pyrrole nitrogens is 1. The van der Waals surface area contributed by atoms with Gasteiger partial charge in [-0.3, -0.25) is 4.79 Å². The molecule has 3 fully saturated rings. The molecule has 0 radical (unpaired) electrons. The van der Waals surface area contributed by atoms with Gasteiger partial charge in [0.25, 0.3) is 0 Å². The Balaban J connectivity index is 0.000000210. The van der Waals surface area contributed by atoms with Crippen LogP contribution in [0.3, 0.4) is 0 Å². The minimum Gasteiger partial charge on any atom is -0.381 e. The van der Waals surface area contributed by atoms with Crippen LogP contribution in [0.1, 0.15) is 75.6 Å². The molecular formula is C25H39F3N3O2+. The number of halogens is 3. The Kier molecular flexibility index (Phi) is 9.16. The van der Waals surface area contributed by atoms with Crippen LogP contribution in [0.15, 0.2) is 12.3 Å². The number of hydrogen-bond donors (Lipinski definition) is 1. The van der Waals surface area contributed by atoms with Crippen LogP contribution in [0.25, 0.3) is 0 Å². The summed E-state index contributed by atoms with van der Waals surface area (Å²) < 4.78 is 43.6. The number of hydrogen-bond acceptors (Lipinski definition) is 3. The van der Waals surface area contributed by atoms with Crippen molar-refractivity contribution in [3.8, 4) is 0 Å². The maximum atomic E-state index is 12.8. The van der Waals surface area contributed by atoms with Crippen molar-refractivity contribution in [2.45, 2.75) is 84.0 Å². The summed E-state index contributed by atoms with van der Waals surface area (Å²) in [6, 6.07) is 1.62. The van der Waals surface area contributed by atoms with Gasteiger partial charge >= 0.3 is 6.18 Å². The van der Waals surface area contributed by atoms with E-state index in [0.717, 1.165) is 50.8 Å². The largest absolute Gasteiger partial charge is 0.422 e. The van der Waals surface area contributed by atoms with Gasteiger partial charge in [-0.1, -0.05) is 33.1 Å². The van der Waals surface area contributed by atoms with Crippen LogP contribution < -0.4 is 10.7 Å². The normalized spacial score (nSPS) is 26.6. The molecule has 2 aliphatic carbocycles. The van der Waals surface area contributed by atoms with E-state index in [1.807, 2.05) is 0 Å². The van der Waals surface area contributed by atoms with E-state index in [2.05, 4.69) is 18.8 Å². The average Bonchev–Trinajstić information content (AvgIpc) is 3.37. The summed E-state index contributed by atoms with van der Waals surface area (Å²) in [5.41, 5.74) is 6.61. The van der Waals surface area contributed by atoms with Gasteiger partial charge in [0.05, 0.1) is 26.2 Å². The molecule has 8 heteroatoms. The molecule has 5 rings (SSSR count). The van der Waals surface area contributed by atoms with Crippen molar-refractivity contribution >= 4 is 5.91 Å². The number of aromatic nitrogens is 1. The number of carbonyl (C=O) groups is 1. The Hall–Kier alpha value is -1.67. The number of rotatable bonds is 1. The van der Waals surface area contributed by atoms with Gasteiger partial charge in [-0.25, -0.2) is 4.98 Å². The molecule has 1 amide bonds. The number of carbonyl (C=O) groups excluding carboxylic acids is 1. The molecule has 1 saturated heterocycles. The number of ether oxygens (including phenoxy) is 1. The van der Waals surface area contributed by atoms with Gasteiger partial charge in [-0.05, 0) is 43.6 Å². The molecule has 2 atom stereocenters. The molecule has 2 unspecified atom stereocenters. The van der Waals surface area contributed by atoms with Crippen molar-refractivity contribution < 1.29 is 27.7 Å². The zero-order valence-electron chi connectivity index (χ0n) is 19.9. The Bertz CT molecular complexity index is 765. The van der Waals surface area contributed by atoms with Crippen LogP contribution in [0.5, 0.6) is 0 Å². The molecule has 4 aliphatic rings. The van der Waals surface area contributed by atoms with Crippen LogP contribution in [0, 0.1) is 17.8 Å². The van der Waals surface area contributed by atoms with Crippen molar-refractivity contribution in [1.29, 1.82) is 0 Å². The van der Waals surface area contributed by atoms with E-state index in [4.69, 9.17) is 10.5 Å². The first kappa shape index (κ1) is 25.9. The molecule has 1 aromatic heterocycles. The highest BCUT2D eigenvalue weighted by Crippen LogP contribution is 2.34. The van der Waals surface area contributed by atoms with E-state index in [9.17, 15) is 18.0 Å². The smallest absolute Gasteiger partial charge is 0.381 e. The van der Waals surface area contributed by atoms with E-state index in [0.29, 0.717) is 36.4 Å². The van der Waals surface area contributed by atoms with Crippen molar-refractivity contribution in [3.05, 3.63) is 29.1 Å². The van der Waals surface area contributed by atoms with E-state index < -0.39 is 11.7 Å². The quantitative estimate of drug-likeness (QED) is 0.662. The minimum atomic E-state index is -4.36. The maximum absolute atomic E-state index is 12.8. The third-order valence-electron chi connectivity index (χ3n) is 7.12. The average molecular weight is 471 g/mol. The lowest BCUT2D eigenvalue weighted by atomic mass is 9.98. The van der Waals surface area contributed by atoms with Gasteiger partial charge in [0.2, 0.25) is 5.91 Å². The first-order chi connectivity index (χ1) is 15.7. The standard InChI is InChI=1S/C15H17F3N2O.C7H13NO.C3H8/c16-15(17,18)12-7-11-9-20(6-5-13(11)19-8-12)14(21)10-3-1-2-4-10;8-7-5-1-2-6(7)4-9-3-5;1-3-2/h7-8,10H,1-6,9H2;5-7H,1-4,8H2;3H2,1-2H3/p+1. The molecule has 2 bridgehead atoms. The highest BCUT2D eigenvalue weighted by molar-refractivity contribution is 5.79. The monoisotopic (exact) mass is 470 g/mol. The van der Waals surface area contributed by atoms with Gasteiger partial charge in [0.15, 0.2) is 11.9 Å². The highest BCUT2D eigenvalue weighted by Gasteiger charge is 2.37. The molecule has 3 heterocycles. The Morgan fingerprint density at radius 2 is 1.76 bits per heavy atom. The zero-order chi connectivity index (χ0) is 24.0. The summed E-state index contributed by atoms with van der Waals surface area (Å²) in [6.07, 6.45) is 5.06. The van der Waals surface area contributed by atoms with Crippen molar-refractivity contribution in [1.82, 2.24) is 4.90 Å². The Morgan fingerprint density at radius 3 is 2.30 bits per heavy atom. The van der Waals surface area contributed by atoms with Crippen molar-refractivity contribution in [2.24, 2.45) is 23.5 Å². The van der Waals surface area contributed by atoms with Crippen LogP contribution in [-0.4, -0.2) is 36.6 Å². The van der Waals surface area contributed by atoms with Gasteiger partial charge in [-0.2, -0.15) is 13.2 Å². The summed E-state index contributed by atoms with van der Waals surface area (Å²) in [7, 11) is 0. The molecular weight excluding hydrogens is 431 g/mol. The number of nitrogens with zero attached hydrogens (tertiary/aromatic N) is 1. The fourth-order valence-corrected chi connectivity index (χ4v) is 5.22. The van der Waals surface area contributed by atoms with Crippen LogP contribution >= 0.6 is 0 Å². The van der Waals surface area contributed by atoms with E-state index in [-0.39, 0.29) is 18.4 Å². The van der Waals surface area contributed by atoms with E-state index in [1.54, 1.807) is 4.90 Å². The first-order valence-electron chi connectivity index (χ1n) is 12.5. The SMILES string of the molecule is CCC.NC1C2CCC1COC2.O=C(C1CCCC1)N1CCc2[nH+]cc(C(F)(F)F)cc2C1. The van der Waals surface area contributed by atoms with Gasteiger partial charge in [0.1, 0.15) is 5.56 Å². The summed E-state index contributed by atoms with van der Waals surface area (Å²) in [5, 5.41) is 0. The van der Waals surface area contributed by atoms with Gasteiger partial charge in [0, 0.05) is 24.1 Å². The number of fused-ring (bicyclic) bond motifs is 3. The summed E-state index contributed by atoms with van der Waals surface area (Å²) in [4.78, 5) is 16.8. The van der Waals surface area contributed by atoms with Crippen molar-refractivity contribution in [2.75, 3.05) is 19.8 Å². The predicted molar refractivity (Wildman–Crippen MR) is 120 cm³/mol. The summed E-state index contributed by atoms with van der Waals surface area (Å²) in [5.74, 6) is 1.55. The molecule has 186 valence electrons. The second-order valence-corrected chi connectivity index (χ2v) is 9.80. The lowest BCUT2D eigenvalue weighted by Gasteiger charge is -2.29. The number of nitrogens with one attached hydrogen (secondary N) is 1. The fourth-order valence-electron chi connectivity index (χ4n) is 5.22. The first-order valence-corrected chi connectivity index (χ1v) is 12.5. The summed E-state index contributed by atoms with van der Waals surface area (Å²) >= 11 is 0. The lowest BCUT2D eigenvalue weighted by molar-refractivity contribution is -0.395. The second-order valence-electron chi connectivity index (χ2n) is 9.80. The van der Waals surface area contributed by atoms with Gasteiger partial charge in [-0.15, -0.1) is 0 Å². The number of nitrogens with two attached hydrogens (primary N) is 1. The summed E-state index contributed by atoms with van der Waals surface area (Å²) in [6.45, 7) is 6.95. The molecule has 2 aliphatic heterocycles. The maximum Gasteiger partial charge on any atom is 0.422 e. The minimum absolute atomic E-state index is 0.0707. The van der Waals surface area contributed by atoms with E-state index >= 15 is 0 Å². The molecule has 5 nitrogen and oxygen atoms in total. The van der Waals surface area contributed by atoms with E-state index in [1.165, 1.54) is 25.3 Å².